The summed E-state index contributed by atoms with van der Waals surface area (Å²) in [7, 11) is -3.87. The first-order valence-corrected chi connectivity index (χ1v) is 12.1. The van der Waals surface area contributed by atoms with E-state index in [0.29, 0.717) is 18.7 Å². The van der Waals surface area contributed by atoms with Crippen LogP contribution in [-0.4, -0.2) is 48.3 Å². The van der Waals surface area contributed by atoms with Crippen LogP contribution in [-0.2, 0) is 21.4 Å². The average Bonchev–Trinajstić information content (AvgIpc) is 2.83. The quantitative estimate of drug-likeness (QED) is 0.379. The van der Waals surface area contributed by atoms with Crippen molar-refractivity contribution in [2.75, 3.05) is 16.2 Å². The van der Waals surface area contributed by atoms with Crippen molar-refractivity contribution >= 4 is 33.5 Å². The number of hydrogen-bond acceptors (Lipinski definition) is 6. The van der Waals surface area contributed by atoms with Gasteiger partial charge in [-0.25, -0.2) is 23.0 Å². The number of pyridine rings is 1. The molecule has 37 heavy (non-hydrogen) atoms. The molecule has 1 heterocycles. The summed E-state index contributed by atoms with van der Waals surface area (Å²) in [4.78, 5) is 27.0. The van der Waals surface area contributed by atoms with E-state index in [4.69, 9.17) is 9.90 Å². The van der Waals surface area contributed by atoms with Gasteiger partial charge in [0.05, 0.1) is 16.8 Å². The molecule has 0 amide bonds. The summed E-state index contributed by atoms with van der Waals surface area (Å²) in [5.74, 6) is -3.65. The van der Waals surface area contributed by atoms with E-state index >= 15 is 0 Å². The van der Waals surface area contributed by atoms with Gasteiger partial charge in [0, 0.05) is 13.1 Å². The van der Waals surface area contributed by atoms with Gasteiger partial charge in [0.25, 0.3) is 10.0 Å². The first-order chi connectivity index (χ1) is 17.3. The molecule has 0 bridgehead atoms. The number of aromatic nitrogens is 1. The predicted molar refractivity (Wildman–Crippen MR) is 130 cm³/mol. The van der Waals surface area contributed by atoms with Crippen LogP contribution in [0.3, 0.4) is 0 Å². The van der Waals surface area contributed by atoms with Gasteiger partial charge in [0.1, 0.15) is 11.4 Å². The fourth-order valence-electron chi connectivity index (χ4n) is 3.13. The van der Waals surface area contributed by atoms with Crippen molar-refractivity contribution in [3.8, 4) is 0 Å². The van der Waals surface area contributed by atoms with Crippen molar-refractivity contribution in [1.29, 1.82) is 0 Å². The van der Waals surface area contributed by atoms with E-state index in [2.05, 4.69) is 9.71 Å². The minimum atomic E-state index is -5.08. The highest BCUT2D eigenvalue weighted by molar-refractivity contribution is 7.92. The molecule has 3 rings (SSSR count). The van der Waals surface area contributed by atoms with Crippen LogP contribution in [0.1, 0.15) is 28.4 Å². The van der Waals surface area contributed by atoms with Gasteiger partial charge in [-0.05, 0) is 37.1 Å². The Bertz CT molecular complexity index is 1350. The lowest BCUT2D eigenvalue weighted by Crippen LogP contribution is -2.25. The van der Waals surface area contributed by atoms with Gasteiger partial charge >= 0.3 is 18.1 Å². The zero-order valence-corrected chi connectivity index (χ0v) is 20.5. The van der Waals surface area contributed by atoms with E-state index in [1.54, 1.807) is 25.1 Å². The molecule has 3 N–H and O–H groups in total. The van der Waals surface area contributed by atoms with Crippen LogP contribution in [0, 0.1) is 6.92 Å². The van der Waals surface area contributed by atoms with Crippen LogP contribution in [0.15, 0.2) is 71.8 Å². The Hall–Kier alpha value is -4.13. The van der Waals surface area contributed by atoms with Gasteiger partial charge in [-0.1, -0.05) is 48.5 Å². The summed E-state index contributed by atoms with van der Waals surface area (Å²) < 4.78 is 59.6. The first kappa shape index (κ1) is 29.1. The molecule has 0 saturated carbocycles. The molecular weight excluding hydrogens is 515 g/mol. The summed E-state index contributed by atoms with van der Waals surface area (Å²) in [6, 6.07) is 17.5. The van der Waals surface area contributed by atoms with Crippen molar-refractivity contribution < 1.29 is 41.4 Å². The number of aliphatic carboxylic acids is 1. The highest BCUT2D eigenvalue weighted by Gasteiger charge is 2.38. The number of hydrogen-bond donors (Lipinski definition) is 3. The molecule has 0 aliphatic rings. The maximum absolute atomic E-state index is 12.7. The lowest BCUT2D eigenvalue weighted by atomic mass is 10.2. The Kier molecular flexibility index (Phi) is 9.61. The predicted octanol–water partition coefficient (Wildman–Crippen LogP) is 4.55. The number of alkyl halides is 3. The minimum absolute atomic E-state index is 0.0715. The van der Waals surface area contributed by atoms with E-state index in [1.165, 1.54) is 18.3 Å². The molecule has 198 valence electrons. The molecule has 0 fully saturated rings. The topological polar surface area (TPSA) is 137 Å². The zero-order chi connectivity index (χ0) is 27.8. The summed E-state index contributed by atoms with van der Waals surface area (Å²) in [5.41, 5.74) is 1.63. The van der Waals surface area contributed by atoms with Crippen molar-refractivity contribution in [2.45, 2.75) is 31.5 Å². The number of nitrogens with zero attached hydrogens (tertiary/aromatic N) is 2. The number of nitrogens with one attached hydrogen (secondary N) is 1. The summed E-state index contributed by atoms with van der Waals surface area (Å²) in [6.45, 7) is 4.63. The van der Waals surface area contributed by atoms with Crippen molar-refractivity contribution in [2.24, 2.45) is 0 Å². The van der Waals surface area contributed by atoms with Gasteiger partial charge in [-0.15, -0.1) is 0 Å². The van der Waals surface area contributed by atoms with Gasteiger partial charge in [-0.3, -0.25) is 4.72 Å². The largest absolute Gasteiger partial charge is 0.490 e. The SMILES string of the molecule is CCN(Cc1ccccc1)c1ncc(NS(=O)(=O)c2ccccc2C)cc1C(=O)O.O=C(O)C(F)(F)F. The van der Waals surface area contributed by atoms with Crippen molar-refractivity contribution in [3.63, 3.8) is 0 Å². The Morgan fingerprint density at radius 3 is 2.11 bits per heavy atom. The normalized spacial score (nSPS) is 11.2. The molecule has 0 radical (unpaired) electrons. The van der Waals surface area contributed by atoms with Gasteiger partial charge in [0.15, 0.2) is 0 Å². The number of sulfonamides is 1. The second-order valence-corrected chi connectivity index (χ2v) is 9.22. The Morgan fingerprint density at radius 1 is 1.03 bits per heavy atom. The van der Waals surface area contributed by atoms with E-state index < -0.39 is 28.1 Å². The molecule has 0 unspecified atom stereocenters. The molecule has 0 atom stereocenters. The molecule has 0 aliphatic heterocycles. The minimum Gasteiger partial charge on any atom is -0.478 e. The lowest BCUT2D eigenvalue weighted by Gasteiger charge is -2.24. The van der Waals surface area contributed by atoms with Crippen molar-refractivity contribution in [3.05, 3.63) is 83.6 Å². The number of anilines is 2. The van der Waals surface area contributed by atoms with Gasteiger partial charge in [0.2, 0.25) is 0 Å². The number of carboxylic acids is 2. The summed E-state index contributed by atoms with van der Waals surface area (Å²) in [5, 5.41) is 16.8. The molecule has 0 spiro atoms. The number of halogens is 3. The smallest absolute Gasteiger partial charge is 0.478 e. The Labute approximate surface area is 211 Å². The van der Waals surface area contributed by atoms with E-state index in [9.17, 15) is 31.5 Å². The van der Waals surface area contributed by atoms with E-state index in [0.717, 1.165) is 5.56 Å². The van der Waals surface area contributed by atoms with Crippen molar-refractivity contribution in [1.82, 2.24) is 4.98 Å². The van der Waals surface area contributed by atoms with Gasteiger partial charge < -0.3 is 15.1 Å². The molecular formula is C24H24F3N3O6S. The fraction of sp³-hybridized carbons (Fsp3) is 0.208. The highest BCUT2D eigenvalue weighted by Crippen LogP contribution is 2.25. The Morgan fingerprint density at radius 2 is 1.59 bits per heavy atom. The zero-order valence-electron chi connectivity index (χ0n) is 19.7. The second-order valence-electron chi connectivity index (χ2n) is 7.57. The van der Waals surface area contributed by atoms with Crippen LogP contribution in [0.25, 0.3) is 0 Å². The highest BCUT2D eigenvalue weighted by atomic mass is 32.2. The standard InChI is InChI=1S/C22H23N3O4S.C2HF3O2/c1-3-25(15-17-10-5-4-6-11-17)21-19(22(26)27)13-18(14-23-21)24-30(28,29)20-12-8-7-9-16(20)2;3-2(4,5)1(6)7/h4-14,24H,3,15H2,1-2H3,(H,26,27);(H,6,7). The third-order valence-electron chi connectivity index (χ3n) is 4.87. The van der Waals surface area contributed by atoms with E-state index in [-0.39, 0.29) is 22.0 Å². The molecule has 2 aromatic carbocycles. The Balaban J connectivity index is 0.000000604. The number of aromatic carboxylic acids is 1. The van der Waals surface area contributed by atoms with Gasteiger partial charge in [-0.2, -0.15) is 13.2 Å². The first-order valence-electron chi connectivity index (χ1n) is 10.7. The number of carbonyl (C=O) groups is 2. The average molecular weight is 540 g/mol. The molecule has 0 aliphatic carbocycles. The van der Waals surface area contributed by atoms with Crippen LogP contribution in [0.5, 0.6) is 0 Å². The van der Waals surface area contributed by atoms with E-state index in [1.807, 2.05) is 42.2 Å². The second kappa shape index (κ2) is 12.2. The molecule has 9 nitrogen and oxygen atoms in total. The molecule has 0 saturated heterocycles. The van der Waals surface area contributed by atoms with Crippen LogP contribution in [0.2, 0.25) is 0 Å². The van der Waals surface area contributed by atoms with Crippen LogP contribution >= 0.6 is 0 Å². The van der Waals surface area contributed by atoms with Crippen LogP contribution in [0.4, 0.5) is 24.7 Å². The summed E-state index contributed by atoms with van der Waals surface area (Å²) >= 11 is 0. The molecule has 3 aromatic rings. The number of rotatable bonds is 8. The lowest BCUT2D eigenvalue weighted by molar-refractivity contribution is -0.192. The third kappa shape index (κ3) is 8.20. The monoisotopic (exact) mass is 539 g/mol. The molecule has 13 heteroatoms. The molecule has 1 aromatic heterocycles. The number of carboxylic acid groups (broad SMARTS) is 2. The number of benzene rings is 2. The maximum atomic E-state index is 12.7. The fourth-order valence-corrected chi connectivity index (χ4v) is 4.41. The van der Waals surface area contributed by atoms with Crippen LogP contribution < -0.4 is 9.62 Å². The number of aryl methyl sites for hydroxylation is 1. The third-order valence-corrected chi connectivity index (χ3v) is 6.41. The summed E-state index contributed by atoms with van der Waals surface area (Å²) in [6.07, 6.45) is -3.74. The maximum Gasteiger partial charge on any atom is 0.490 e.